The largest absolute Gasteiger partial charge is 0.325 e. The van der Waals surface area contributed by atoms with Gasteiger partial charge in [-0.15, -0.1) is 11.8 Å². The molecule has 0 fully saturated rings. The Balaban J connectivity index is 2.11. The quantitative estimate of drug-likeness (QED) is 0.858. The van der Waals surface area contributed by atoms with E-state index in [9.17, 15) is 0 Å². The summed E-state index contributed by atoms with van der Waals surface area (Å²) in [7, 11) is 0. The van der Waals surface area contributed by atoms with Crippen molar-refractivity contribution in [2.45, 2.75) is 31.0 Å². The van der Waals surface area contributed by atoms with Crippen molar-refractivity contribution in [1.82, 2.24) is 9.97 Å². The fraction of sp³-hybridized carbons (Fsp3) is 0.286. The molecule has 1 aromatic carbocycles. The van der Waals surface area contributed by atoms with Gasteiger partial charge in [-0.05, 0) is 31.5 Å². The molecule has 18 heavy (non-hydrogen) atoms. The highest BCUT2D eigenvalue weighted by Gasteiger charge is 2.04. The lowest BCUT2D eigenvalue weighted by Gasteiger charge is -2.06. The van der Waals surface area contributed by atoms with Crippen LogP contribution in [0.25, 0.3) is 0 Å². The van der Waals surface area contributed by atoms with E-state index < -0.39 is 0 Å². The van der Waals surface area contributed by atoms with Gasteiger partial charge in [0.15, 0.2) is 0 Å². The highest BCUT2D eigenvalue weighted by Crippen LogP contribution is 2.24. The van der Waals surface area contributed by atoms with Crippen LogP contribution in [-0.4, -0.2) is 9.97 Å². The Bertz CT molecular complexity index is 540. The van der Waals surface area contributed by atoms with E-state index in [1.807, 2.05) is 13.0 Å². The first-order chi connectivity index (χ1) is 8.69. The second kappa shape index (κ2) is 5.98. The highest BCUT2D eigenvalue weighted by atomic mass is 32.2. The van der Waals surface area contributed by atoms with Crippen LogP contribution in [0, 0.1) is 13.8 Å². The number of hydrogen-bond donors (Lipinski definition) is 1. The van der Waals surface area contributed by atoms with E-state index in [4.69, 9.17) is 5.73 Å². The average Bonchev–Trinajstić information content (AvgIpc) is 2.37. The molecule has 2 N–H and O–H groups in total. The predicted molar refractivity (Wildman–Crippen MR) is 75.4 cm³/mol. The molecular weight excluding hydrogens is 242 g/mol. The van der Waals surface area contributed by atoms with Crippen molar-refractivity contribution in [3.63, 3.8) is 0 Å². The van der Waals surface area contributed by atoms with E-state index in [0.29, 0.717) is 6.54 Å². The van der Waals surface area contributed by atoms with Gasteiger partial charge < -0.3 is 5.73 Å². The van der Waals surface area contributed by atoms with Gasteiger partial charge in [-0.1, -0.05) is 18.2 Å². The van der Waals surface area contributed by atoms with Crippen molar-refractivity contribution in [2.24, 2.45) is 5.73 Å². The summed E-state index contributed by atoms with van der Waals surface area (Å²) in [5.74, 6) is 1.63. The SMILES string of the molecule is Cc1cc(CN)nc(CSc2ccccc2C)n1. The molecule has 0 aliphatic heterocycles. The summed E-state index contributed by atoms with van der Waals surface area (Å²) in [5.41, 5.74) is 8.79. The van der Waals surface area contributed by atoms with Gasteiger partial charge in [-0.2, -0.15) is 0 Å². The zero-order chi connectivity index (χ0) is 13.0. The molecule has 3 nitrogen and oxygen atoms in total. The normalized spacial score (nSPS) is 10.6. The summed E-state index contributed by atoms with van der Waals surface area (Å²) in [4.78, 5) is 10.2. The van der Waals surface area contributed by atoms with E-state index in [0.717, 1.165) is 23.0 Å². The van der Waals surface area contributed by atoms with Crippen LogP contribution in [0.3, 0.4) is 0 Å². The molecule has 0 unspecified atom stereocenters. The Morgan fingerprint density at radius 3 is 2.67 bits per heavy atom. The first-order valence-electron chi connectivity index (χ1n) is 5.91. The molecule has 0 saturated heterocycles. The molecule has 0 aliphatic rings. The highest BCUT2D eigenvalue weighted by molar-refractivity contribution is 7.98. The summed E-state index contributed by atoms with van der Waals surface area (Å²) < 4.78 is 0. The van der Waals surface area contributed by atoms with Crippen molar-refractivity contribution in [3.8, 4) is 0 Å². The van der Waals surface area contributed by atoms with Crippen molar-refractivity contribution in [1.29, 1.82) is 0 Å². The third-order valence-electron chi connectivity index (χ3n) is 2.61. The molecule has 0 radical (unpaired) electrons. The van der Waals surface area contributed by atoms with Crippen LogP contribution < -0.4 is 5.73 Å². The molecule has 1 aromatic heterocycles. The summed E-state index contributed by atoms with van der Waals surface area (Å²) in [6, 6.07) is 10.3. The maximum absolute atomic E-state index is 5.62. The lowest BCUT2D eigenvalue weighted by atomic mass is 10.2. The molecule has 0 atom stereocenters. The molecule has 2 rings (SSSR count). The fourth-order valence-electron chi connectivity index (χ4n) is 1.73. The van der Waals surface area contributed by atoms with Crippen molar-refractivity contribution in [3.05, 3.63) is 53.1 Å². The van der Waals surface area contributed by atoms with Crippen LogP contribution in [0.15, 0.2) is 35.2 Å². The first kappa shape index (κ1) is 13.1. The summed E-state index contributed by atoms with van der Waals surface area (Å²) in [6.07, 6.45) is 0. The van der Waals surface area contributed by atoms with E-state index in [2.05, 4.69) is 41.2 Å². The Kier molecular flexibility index (Phi) is 4.33. The van der Waals surface area contributed by atoms with Gasteiger partial charge >= 0.3 is 0 Å². The molecule has 2 aromatic rings. The molecule has 0 spiro atoms. The maximum atomic E-state index is 5.62. The second-order valence-corrected chi connectivity index (χ2v) is 5.19. The Hall–Kier alpha value is -1.39. The Morgan fingerprint density at radius 2 is 1.94 bits per heavy atom. The standard InChI is InChI=1S/C14H17N3S/c1-10-5-3-4-6-13(10)18-9-14-16-11(2)7-12(8-15)17-14/h3-7H,8-9,15H2,1-2H3. The number of rotatable bonds is 4. The number of nitrogens with two attached hydrogens (primary N) is 1. The predicted octanol–water partition coefficient (Wildman–Crippen LogP) is 2.84. The van der Waals surface area contributed by atoms with E-state index in [1.165, 1.54) is 10.5 Å². The van der Waals surface area contributed by atoms with Gasteiger partial charge in [0.25, 0.3) is 0 Å². The maximum Gasteiger partial charge on any atom is 0.139 e. The third kappa shape index (κ3) is 3.31. The number of nitrogens with zero attached hydrogens (tertiary/aromatic N) is 2. The minimum atomic E-state index is 0.464. The van der Waals surface area contributed by atoms with Crippen LogP contribution in [0.2, 0.25) is 0 Å². The van der Waals surface area contributed by atoms with Crippen molar-refractivity contribution in [2.75, 3.05) is 0 Å². The van der Waals surface area contributed by atoms with Crippen molar-refractivity contribution < 1.29 is 0 Å². The van der Waals surface area contributed by atoms with E-state index in [1.54, 1.807) is 11.8 Å². The smallest absolute Gasteiger partial charge is 0.139 e. The molecule has 0 bridgehead atoms. The van der Waals surface area contributed by atoms with E-state index in [-0.39, 0.29) is 0 Å². The minimum Gasteiger partial charge on any atom is -0.325 e. The van der Waals surface area contributed by atoms with Gasteiger partial charge in [0.1, 0.15) is 5.82 Å². The summed E-state index contributed by atoms with van der Waals surface area (Å²) in [5, 5.41) is 0. The van der Waals surface area contributed by atoms with Crippen LogP contribution >= 0.6 is 11.8 Å². The van der Waals surface area contributed by atoms with Gasteiger partial charge in [0.2, 0.25) is 0 Å². The Labute approximate surface area is 112 Å². The third-order valence-corrected chi connectivity index (χ3v) is 3.78. The number of thioether (sulfide) groups is 1. The number of benzene rings is 1. The minimum absolute atomic E-state index is 0.464. The molecule has 0 aliphatic carbocycles. The van der Waals surface area contributed by atoms with E-state index >= 15 is 0 Å². The van der Waals surface area contributed by atoms with Crippen LogP contribution in [-0.2, 0) is 12.3 Å². The van der Waals surface area contributed by atoms with Crippen molar-refractivity contribution >= 4 is 11.8 Å². The van der Waals surface area contributed by atoms with Crippen LogP contribution in [0.4, 0.5) is 0 Å². The zero-order valence-electron chi connectivity index (χ0n) is 10.7. The average molecular weight is 259 g/mol. The molecule has 94 valence electrons. The first-order valence-corrected chi connectivity index (χ1v) is 6.89. The number of hydrogen-bond acceptors (Lipinski definition) is 4. The number of aryl methyl sites for hydroxylation is 2. The molecule has 1 heterocycles. The van der Waals surface area contributed by atoms with Gasteiger partial charge in [-0.25, -0.2) is 9.97 Å². The van der Waals surface area contributed by atoms with Gasteiger partial charge in [0, 0.05) is 17.1 Å². The molecule has 0 saturated carbocycles. The lowest BCUT2D eigenvalue weighted by Crippen LogP contribution is -2.05. The van der Waals surface area contributed by atoms with Crippen LogP contribution in [0.1, 0.15) is 22.8 Å². The van der Waals surface area contributed by atoms with Gasteiger partial charge in [-0.3, -0.25) is 0 Å². The molecular formula is C14H17N3S. The monoisotopic (exact) mass is 259 g/mol. The molecule has 0 amide bonds. The topological polar surface area (TPSA) is 51.8 Å². The summed E-state index contributed by atoms with van der Waals surface area (Å²) >= 11 is 1.76. The zero-order valence-corrected chi connectivity index (χ0v) is 11.5. The van der Waals surface area contributed by atoms with Crippen LogP contribution in [0.5, 0.6) is 0 Å². The number of aromatic nitrogens is 2. The lowest BCUT2D eigenvalue weighted by molar-refractivity contribution is 0.900. The Morgan fingerprint density at radius 1 is 1.17 bits per heavy atom. The molecule has 4 heteroatoms. The summed E-state index contributed by atoms with van der Waals surface area (Å²) in [6.45, 7) is 4.55. The second-order valence-electron chi connectivity index (χ2n) is 4.18. The van der Waals surface area contributed by atoms with Gasteiger partial charge in [0.05, 0.1) is 11.4 Å². The fourth-order valence-corrected chi connectivity index (χ4v) is 2.61.